The van der Waals surface area contributed by atoms with Gasteiger partial charge in [-0.2, -0.15) is 0 Å². The van der Waals surface area contributed by atoms with Gasteiger partial charge in [-0.15, -0.1) is 11.3 Å². The summed E-state index contributed by atoms with van der Waals surface area (Å²) in [6, 6.07) is 3.71. The molecule has 2 aromatic heterocycles. The fourth-order valence-electron chi connectivity index (χ4n) is 1.62. The van der Waals surface area contributed by atoms with Crippen molar-refractivity contribution in [1.82, 2.24) is 15.3 Å². The Morgan fingerprint density at radius 1 is 1.43 bits per heavy atom. The number of hydrogen-bond acceptors (Lipinski definition) is 5. The fraction of sp³-hybridized carbons (Fsp3) is 0.286. The summed E-state index contributed by atoms with van der Waals surface area (Å²) in [6.45, 7) is 2.88. The number of pyridine rings is 1. The van der Waals surface area contributed by atoms with E-state index in [9.17, 15) is 9.59 Å². The standard InChI is InChI=1S/C14H15N3O3S/c1-14(2,13(19)20)17-11(18)6-10-8-21-12(16-10)9-4-3-5-15-7-9/h3-5,7-8H,6H2,1-2H3,(H,17,18)(H,19,20). The van der Waals surface area contributed by atoms with Crippen molar-refractivity contribution in [3.05, 3.63) is 35.6 Å². The molecule has 0 aromatic carbocycles. The Labute approximate surface area is 125 Å². The van der Waals surface area contributed by atoms with Gasteiger partial charge in [0.1, 0.15) is 10.5 Å². The summed E-state index contributed by atoms with van der Waals surface area (Å²) in [5.41, 5.74) is 0.205. The molecule has 2 heterocycles. The predicted octanol–water partition coefficient (Wildman–Crippen LogP) is 1.73. The first-order valence-electron chi connectivity index (χ1n) is 6.28. The third-order valence-electron chi connectivity index (χ3n) is 2.79. The molecule has 0 radical (unpaired) electrons. The number of nitrogens with zero attached hydrogens (tertiary/aromatic N) is 2. The highest BCUT2D eigenvalue weighted by molar-refractivity contribution is 7.13. The van der Waals surface area contributed by atoms with Gasteiger partial charge in [-0.3, -0.25) is 9.78 Å². The maximum atomic E-state index is 11.9. The molecule has 0 saturated heterocycles. The first kappa shape index (κ1) is 15.1. The lowest BCUT2D eigenvalue weighted by atomic mass is 10.1. The first-order valence-corrected chi connectivity index (χ1v) is 7.15. The summed E-state index contributed by atoms with van der Waals surface area (Å²) in [5, 5.41) is 14.0. The highest BCUT2D eigenvalue weighted by Crippen LogP contribution is 2.22. The van der Waals surface area contributed by atoms with Crippen LogP contribution in [0.2, 0.25) is 0 Å². The van der Waals surface area contributed by atoms with Crippen LogP contribution in [0.3, 0.4) is 0 Å². The normalized spacial score (nSPS) is 11.1. The maximum absolute atomic E-state index is 11.9. The van der Waals surface area contributed by atoms with Crippen LogP contribution in [0.4, 0.5) is 0 Å². The van der Waals surface area contributed by atoms with Crippen LogP contribution in [0, 0.1) is 0 Å². The Hall–Kier alpha value is -2.28. The zero-order valence-corrected chi connectivity index (χ0v) is 12.5. The van der Waals surface area contributed by atoms with E-state index in [1.807, 2.05) is 12.1 Å². The fourth-order valence-corrected chi connectivity index (χ4v) is 2.43. The first-order chi connectivity index (χ1) is 9.88. The highest BCUT2D eigenvalue weighted by Gasteiger charge is 2.28. The molecule has 0 bridgehead atoms. The van der Waals surface area contributed by atoms with Crippen LogP contribution < -0.4 is 5.32 Å². The number of aliphatic carboxylic acids is 1. The van der Waals surface area contributed by atoms with Gasteiger partial charge in [-0.1, -0.05) is 0 Å². The van der Waals surface area contributed by atoms with E-state index in [-0.39, 0.29) is 12.3 Å². The van der Waals surface area contributed by atoms with Gasteiger partial charge >= 0.3 is 5.97 Å². The Kier molecular flexibility index (Phi) is 4.32. The second kappa shape index (κ2) is 6.01. The topological polar surface area (TPSA) is 92.2 Å². The van der Waals surface area contributed by atoms with Gasteiger partial charge in [0.25, 0.3) is 0 Å². The number of thiazole rings is 1. The quantitative estimate of drug-likeness (QED) is 0.877. The molecule has 21 heavy (non-hydrogen) atoms. The molecule has 2 aromatic rings. The third-order valence-corrected chi connectivity index (χ3v) is 3.73. The Morgan fingerprint density at radius 2 is 2.19 bits per heavy atom. The predicted molar refractivity (Wildman–Crippen MR) is 78.9 cm³/mol. The Balaban J connectivity index is 2.03. The molecule has 1 amide bonds. The van der Waals surface area contributed by atoms with E-state index in [4.69, 9.17) is 5.11 Å². The van der Waals surface area contributed by atoms with Crippen molar-refractivity contribution in [3.8, 4) is 10.6 Å². The van der Waals surface area contributed by atoms with Gasteiger partial charge in [0.05, 0.1) is 12.1 Å². The lowest BCUT2D eigenvalue weighted by Gasteiger charge is -2.20. The van der Waals surface area contributed by atoms with E-state index in [2.05, 4.69) is 15.3 Å². The third kappa shape index (κ3) is 3.85. The van der Waals surface area contributed by atoms with E-state index in [0.717, 1.165) is 10.6 Å². The van der Waals surface area contributed by atoms with Crippen LogP contribution in [0.25, 0.3) is 10.6 Å². The molecule has 7 heteroatoms. The molecule has 2 rings (SSSR count). The van der Waals surface area contributed by atoms with Crippen LogP contribution >= 0.6 is 11.3 Å². The van der Waals surface area contributed by atoms with Crippen molar-refractivity contribution in [1.29, 1.82) is 0 Å². The van der Waals surface area contributed by atoms with Crippen molar-refractivity contribution >= 4 is 23.2 Å². The van der Waals surface area contributed by atoms with Crippen molar-refractivity contribution in [2.24, 2.45) is 0 Å². The van der Waals surface area contributed by atoms with Crippen LogP contribution in [0.1, 0.15) is 19.5 Å². The lowest BCUT2D eigenvalue weighted by molar-refractivity contribution is -0.145. The van der Waals surface area contributed by atoms with E-state index < -0.39 is 11.5 Å². The molecule has 0 fully saturated rings. The molecule has 0 aliphatic carbocycles. The molecule has 2 N–H and O–H groups in total. The molecule has 110 valence electrons. The molecule has 0 aliphatic heterocycles. The summed E-state index contributed by atoms with van der Waals surface area (Å²) in [7, 11) is 0. The molecule has 0 aliphatic rings. The molecule has 0 spiro atoms. The number of aromatic nitrogens is 2. The van der Waals surface area contributed by atoms with Crippen molar-refractivity contribution in [3.63, 3.8) is 0 Å². The average molecular weight is 305 g/mol. The minimum atomic E-state index is -1.29. The van der Waals surface area contributed by atoms with Gasteiger partial charge in [-0.25, -0.2) is 9.78 Å². The number of amides is 1. The summed E-state index contributed by atoms with van der Waals surface area (Å²) < 4.78 is 0. The minimum absolute atomic E-state index is 0.0491. The van der Waals surface area contributed by atoms with Crippen molar-refractivity contribution < 1.29 is 14.7 Å². The number of carboxylic acids is 1. The van der Waals surface area contributed by atoms with Crippen LogP contribution in [0.15, 0.2) is 29.9 Å². The number of hydrogen-bond donors (Lipinski definition) is 2. The summed E-state index contributed by atoms with van der Waals surface area (Å²) in [5.74, 6) is -1.45. The maximum Gasteiger partial charge on any atom is 0.328 e. The Morgan fingerprint density at radius 3 is 2.81 bits per heavy atom. The van der Waals surface area contributed by atoms with Gasteiger partial charge in [-0.05, 0) is 26.0 Å². The number of nitrogens with one attached hydrogen (secondary N) is 1. The van der Waals surface area contributed by atoms with Gasteiger partial charge in [0.2, 0.25) is 5.91 Å². The van der Waals surface area contributed by atoms with Crippen LogP contribution in [-0.2, 0) is 16.0 Å². The zero-order valence-electron chi connectivity index (χ0n) is 11.7. The van der Waals surface area contributed by atoms with E-state index in [0.29, 0.717) is 5.69 Å². The molecular formula is C14H15N3O3S. The van der Waals surface area contributed by atoms with E-state index in [1.165, 1.54) is 25.2 Å². The van der Waals surface area contributed by atoms with Crippen LogP contribution in [0.5, 0.6) is 0 Å². The highest BCUT2D eigenvalue weighted by atomic mass is 32.1. The van der Waals surface area contributed by atoms with E-state index >= 15 is 0 Å². The molecular weight excluding hydrogens is 290 g/mol. The van der Waals surface area contributed by atoms with Gasteiger partial charge < -0.3 is 10.4 Å². The summed E-state index contributed by atoms with van der Waals surface area (Å²) in [6.07, 6.45) is 3.43. The summed E-state index contributed by atoms with van der Waals surface area (Å²) in [4.78, 5) is 31.2. The average Bonchev–Trinajstić information content (AvgIpc) is 2.87. The largest absolute Gasteiger partial charge is 0.480 e. The zero-order chi connectivity index (χ0) is 15.5. The molecule has 0 atom stereocenters. The van der Waals surface area contributed by atoms with E-state index in [1.54, 1.807) is 17.8 Å². The van der Waals surface area contributed by atoms with Crippen molar-refractivity contribution in [2.75, 3.05) is 0 Å². The molecule has 6 nitrogen and oxygen atoms in total. The number of rotatable bonds is 5. The second-order valence-corrected chi connectivity index (χ2v) is 5.90. The molecule has 0 saturated carbocycles. The lowest BCUT2D eigenvalue weighted by Crippen LogP contribution is -2.50. The van der Waals surface area contributed by atoms with Crippen LogP contribution in [-0.4, -0.2) is 32.5 Å². The number of carboxylic acid groups (broad SMARTS) is 1. The van der Waals surface area contributed by atoms with Gasteiger partial charge in [0, 0.05) is 23.3 Å². The van der Waals surface area contributed by atoms with Gasteiger partial charge in [0.15, 0.2) is 0 Å². The summed E-state index contributed by atoms with van der Waals surface area (Å²) >= 11 is 1.42. The number of carbonyl (C=O) groups is 2. The van der Waals surface area contributed by atoms with Crippen molar-refractivity contribution in [2.45, 2.75) is 25.8 Å². The molecule has 0 unspecified atom stereocenters. The second-order valence-electron chi connectivity index (χ2n) is 5.04. The SMILES string of the molecule is CC(C)(NC(=O)Cc1csc(-c2cccnc2)n1)C(=O)O. The number of carbonyl (C=O) groups excluding carboxylic acids is 1. The Bertz CT molecular complexity index is 652. The monoisotopic (exact) mass is 305 g/mol. The smallest absolute Gasteiger partial charge is 0.328 e. The minimum Gasteiger partial charge on any atom is -0.480 e.